The Bertz CT molecular complexity index is 827. The minimum Gasteiger partial charge on any atom is -0.355 e. The summed E-state index contributed by atoms with van der Waals surface area (Å²) >= 11 is 3.33. The number of halogens is 4. The Balaban J connectivity index is 2.03. The van der Waals surface area contributed by atoms with E-state index < -0.39 is 11.7 Å². The highest BCUT2D eigenvalue weighted by molar-refractivity contribution is 9.10. The Morgan fingerprint density at radius 3 is 2.00 bits per heavy atom. The number of nitrogens with one attached hydrogen (secondary N) is 1. The van der Waals surface area contributed by atoms with Crippen LogP contribution in [0, 0.1) is 0 Å². The molecule has 0 saturated heterocycles. The third-order valence-corrected chi connectivity index (χ3v) is 4.03. The minimum atomic E-state index is -4.40. The topological polar surface area (TPSA) is 12.0 Å². The van der Waals surface area contributed by atoms with Crippen molar-refractivity contribution in [2.75, 3.05) is 5.32 Å². The molecule has 0 aliphatic carbocycles. The van der Waals surface area contributed by atoms with E-state index in [1.807, 2.05) is 18.2 Å². The van der Waals surface area contributed by atoms with E-state index in [2.05, 4.69) is 21.2 Å². The average Bonchev–Trinajstić information content (AvgIpc) is 2.57. The molecule has 0 saturated carbocycles. The maximum atomic E-state index is 13.2. The number of hydrogen-bond donors (Lipinski definition) is 1. The zero-order valence-electron chi connectivity index (χ0n) is 12.4. The van der Waals surface area contributed by atoms with Gasteiger partial charge in [-0.25, -0.2) is 0 Å². The van der Waals surface area contributed by atoms with Crippen molar-refractivity contribution in [2.45, 2.75) is 6.18 Å². The summed E-state index contributed by atoms with van der Waals surface area (Å²) in [5.74, 6) is 0. The quantitative estimate of drug-likeness (QED) is 0.513. The van der Waals surface area contributed by atoms with Gasteiger partial charge in [-0.15, -0.1) is 0 Å². The van der Waals surface area contributed by atoms with E-state index in [9.17, 15) is 13.2 Å². The lowest BCUT2D eigenvalue weighted by Crippen LogP contribution is -2.06. The summed E-state index contributed by atoms with van der Waals surface area (Å²) < 4.78 is 40.6. The molecule has 0 unspecified atom stereocenters. The van der Waals surface area contributed by atoms with Crippen molar-refractivity contribution in [3.05, 3.63) is 82.8 Å². The van der Waals surface area contributed by atoms with Crippen LogP contribution in [-0.4, -0.2) is 0 Å². The largest absolute Gasteiger partial charge is 0.416 e. The standard InChI is InChI=1S/C19H13BrF3N/c20-16-6-8-17(9-7-16)24-18-11-14(13-4-2-1-3-5-13)10-15(12-18)19(21,22)23/h1-12,24H. The molecule has 3 aromatic carbocycles. The minimum absolute atomic E-state index is 0.394. The predicted molar refractivity (Wildman–Crippen MR) is 94.3 cm³/mol. The van der Waals surface area contributed by atoms with Gasteiger partial charge in [0.2, 0.25) is 0 Å². The molecule has 3 rings (SSSR count). The lowest BCUT2D eigenvalue weighted by atomic mass is 10.0. The lowest BCUT2D eigenvalue weighted by Gasteiger charge is -2.14. The summed E-state index contributed by atoms with van der Waals surface area (Å²) in [5.41, 5.74) is 1.69. The molecule has 0 aliphatic heterocycles. The molecule has 3 aromatic rings. The van der Waals surface area contributed by atoms with Crippen LogP contribution in [0.3, 0.4) is 0 Å². The van der Waals surface area contributed by atoms with Crippen molar-refractivity contribution >= 4 is 27.3 Å². The lowest BCUT2D eigenvalue weighted by molar-refractivity contribution is -0.137. The predicted octanol–water partition coefficient (Wildman–Crippen LogP) is 6.88. The van der Waals surface area contributed by atoms with Crippen molar-refractivity contribution in [3.8, 4) is 11.1 Å². The van der Waals surface area contributed by atoms with Gasteiger partial charge in [-0.1, -0.05) is 46.3 Å². The Morgan fingerprint density at radius 1 is 0.708 bits per heavy atom. The van der Waals surface area contributed by atoms with Crippen molar-refractivity contribution in [1.29, 1.82) is 0 Å². The Labute approximate surface area is 146 Å². The van der Waals surface area contributed by atoms with Crippen molar-refractivity contribution in [2.24, 2.45) is 0 Å². The first-order valence-electron chi connectivity index (χ1n) is 7.22. The van der Waals surface area contributed by atoms with Crippen LogP contribution in [-0.2, 0) is 6.18 Å². The van der Waals surface area contributed by atoms with Gasteiger partial charge in [-0.3, -0.25) is 0 Å². The van der Waals surface area contributed by atoms with Gasteiger partial charge in [0.05, 0.1) is 5.56 Å². The van der Waals surface area contributed by atoms with Crippen LogP contribution in [0.2, 0.25) is 0 Å². The van der Waals surface area contributed by atoms with Crippen LogP contribution < -0.4 is 5.32 Å². The highest BCUT2D eigenvalue weighted by atomic mass is 79.9. The summed E-state index contributed by atoms with van der Waals surface area (Å²) in [7, 11) is 0. The van der Waals surface area contributed by atoms with E-state index in [0.717, 1.165) is 21.8 Å². The molecule has 0 aliphatic rings. The van der Waals surface area contributed by atoms with Gasteiger partial charge in [-0.2, -0.15) is 13.2 Å². The summed E-state index contributed by atoms with van der Waals surface area (Å²) in [6.07, 6.45) is -4.40. The van der Waals surface area contributed by atoms with Crippen molar-refractivity contribution in [3.63, 3.8) is 0 Å². The molecule has 0 spiro atoms. The first kappa shape index (κ1) is 16.6. The van der Waals surface area contributed by atoms with Crippen LogP contribution in [0.4, 0.5) is 24.5 Å². The maximum Gasteiger partial charge on any atom is 0.416 e. The molecule has 5 heteroatoms. The van der Waals surface area contributed by atoms with Crippen LogP contribution >= 0.6 is 15.9 Å². The summed E-state index contributed by atoms with van der Waals surface area (Å²) in [6.45, 7) is 0. The first-order valence-corrected chi connectivity index (χ1v) is 8.01. The van der Waals surface area contributed by atoms with E-state index >= 15 is 0 Å². The molecule has 0 radical (unpaired) electrons. The summed E-state index contributed by atoms with van der Waals surface area (Å²) in [4.78, 5) is 0. The molecule has 0 atom stereocenters. The van der Waals surface area contributed by atoms with Gasteiger partial charge in [-0.05, 0) is 53.6 Å². The third kappa shape index (κ3) is 3.97. The second kappa shape index (κ2) is 6.69. The van der Waals surface area contributed by atoms with Crippen LogP contribution in [0.5, 0.6) is 0 Å². The molecular formula is C19H13BrF3N. The molecule has 1 nitrogen and oxygen atoms in total. The number of benzene rings is 3. The summed E-state index contributed by atoms with van der Waals surface area (Å²) in [5, 5.41) is 3.03. The van der Waals surface area contributed by atoms with Gasteiger partial charge in [0.1, 0.15) is 0 Å². The van der Waals surface area contributed by atoms with Crippen molar-refractivity contribution < 1.29 is 13.2 Å². The van der Waals surface area contributed by atoms with E-state index in [1.54, 1.807) is 42.5 Å². The summed E-state index contributed by atoms with van der Waals surface area (Å²) in [6, 6.07) is 20.3. The number of hydrogen-bond acceptors (Lipinski definition) is 1. The first-order chi connectivity index (χ1) is 11.4. The van der Waals surface area contributed by atoms with Crippen LogP contribution in [0.25, 0.3) is 11.1 Å². The zero-order chi connectivity index (χ0) is 17.2. The molecule has 0 fully saturated rings. The highest BCUT2D eigenvalue weighted by Crippen LogP contribution is 2.35. The molecule has 24 heavy (non-hydrogen) atoms. The van der Waals surface area contributed by atoms with Crippen LogP contribution in [0.15, 0.2) is 77.3 Å². The smallest absolute Gasteiger partial charge is 0.355 e. The molecule has 1 N–H and O–H groups in total. The van der Waals surface area contributed by atoms with Gasteiger partial charge < -0.3 is 5.32 Å². The third-order valence-electron chi connectivity index (χ3n) is 3.50. The molecule has 0 amide bonds. The average molecular weight is 392 g/mol. The fraction of sp³-hybridized carbons (Fsp3) is 0.0526. The normalized spacial score (nSPS) is 11.3. The fourth-order valence-electron chi connectivity index (χ4n) is 2.36. The molecule has 0 bridgehead atoms. The molecule has 0 heterocycles. The van der Waals surface area contributed by atoms with Crippen LogP contribution in [0.1, 0.15) is 5.56 Å². The maximum absolute atomic E-state index is 13.2. The highest BCUT2D eigenvalue weighted by Gasteiger charge is 2.31. The Kier molecular flexibility index (Phi) is 4.62. The second-order valence-corrected chi connectivity index (χ2v) is 6.21. The Hall–Kier alpha value is -2.27. The van der Waals surface area contributed by atoms with E-state index in [1.165, 1.54) is 6.07 Å². The van der Waals surface area contributed by atoms with E-state index in [0.29, 0.717) is 11.3 Å². The number of alkyl halides is 3. The molecule has 0 aromatic heterocycles. The SMILES string of the molecule is FC(F)(F)c1cc(Nc2ccc(Br)cc2)cc(-c2ccccc2)c1. The van der Waals surface area contributed by atoms with Gasteiger partial charge in [0.25, 0.3) is 0 Å². The monoisotopic (exact) mass is 391 g/mol. The van der Waals surface area contributed by atoms with Crippen molar-refractivity contribution in [1.82, 2.24) is 0 Å². The van der Waals surface area contributed by atoms with Gasteiger partial charge in [0.15, 0.2) is 0 Å². The number of rotatable bonds is 3. The second-order valence-electron chi connectivity index (χ2n) is 5.29. The van der Waals surface area contributed by atoms with E-state index in [-0.39, 0.29) is 0 Å². The van der Waals surface area contributed by atoms with E-state index in [4.69, 9.17) is 0 Å². The fourth-order valence-corrected chi connectivity index (χ4v) is 2.62. The molecule has 122 valence electrons. The van der Waals surface area contributed by atoms with Gasteiger partial charge in [0, 0.05) is 15.8 Å². The molecular weight excluding hydrogens is 379 g/mol. The Morgan fingerprint density at radius 2 is 1.38 bits per heavy atom. The number of anilines is 2. The van der Waals surface area contributed by atoms with Gasteiger partial charge >= 0.3 is 6.18 Å². The zero-order valence-corrected chi connectivity index (χ0v) is 14.0.